The highest BCUT2D eigenvalue weighted by atomic mass is 32.2. The third-order valence-electron chi connectivity index (χ3n) is 6.78. The van der Waals surface area contributed by atoms with Gasteiger partial charge in [-0.1, -0.05) is 25.1 Å². The molecule has 0 radical (unpaired) electrons. The van der Waals surface area contributed by atoms with E-state index in [9.17, 15) is 13.5 Å². The molecule has 1 saturated heterocycles. The Morgan fingerprint density at radius 2 is 1.68 bits per heavy atom. The number of likely N-dealkylation sites (tertiary alicyclic amines) is 1. The van der Waals surface area contributed by atoms with Crippen molar-refractivity contribution in [3.05, 3.63) is 78.9 Å². The molecule has 1 atom stereocenters. The molecule has 0 aromatic heterocycles. The number of phenols is 1. The average Bonchev–Trinajstić information content (AvgIpc) is 3.29. The molecule has 5 rings (SSSR count). The van der Waals surface area contributed by atoms with E-state index in [0.29, 0.717) is 18.1 Å². The highest BCUT2D eigenvalue weighted by Gasteiger charge is 2.18. The first-order chi connectivity index (χ1) is 17.8. The molecule has 4 aromatic rings. The van der Waals surface area contributed by atoms with E-state index in [1.54, 1.807) is 36.4 Å². The van der Waals surface area contributed by atoms with E-state index < -0.39 is 9.84 Å². The van der Waals surface area contributed by atoms with E-state index in [-0.39, 0.29) is 10.6 Å². The Kier molecular flexibility index (Phi) is 7.09. The third kappa shape index (κ3) is 5.89. The molecule has 0 unspecified atom stereocenters. The van der Waals surface area contributed by atoms with Gasteiger partial charge in [0.15, 0.2) is 9.84 Å². The molecule has 1 aliphatic rings. The SMILES string of the molecule is C[C@@H]1CCN(CCOc2ccc(Oc3c(-c4ccc(S(C)(=O)=O)cc4)ccc4cc(O)ccc34)cc2)C1. The zero-order valence-corrected chi connectivity index (χ0v) is 21.9. The van der Waals surface area contributed by atoms with E-state index in [4.69, 9.17) is 9.47 Å². The Morgan fingerprint density at radius 3 is 2.35 bits per heavy atom. The van der Waals surface area contributed by atoms with Gasteiger partial charge in [-0.05, 0) is 90.5 Å². The Hall–Kier alpha value is -3.55. The quantitative estimate of drug-likeness (QED) is 0.303. The highest BCUT2D eigenvalue weighted by Crippen LogP contribution is 2.41. The Balaban J connectivity index is 1.39. The maximum Gasteiger partial charge on any atom is 0.175 e. The molecule has 192 valence electrons. The number of phenolic OH excluding ortho intramolecular Hbond substituents is 1. The predicted molar refractivity (Wildman–Crippen MR) is 146 cm³/mol. The van der Waals surface area contributed by atoms with Gasteiger partial charge >= 0.3 is 0 Å². The number of benzene rings is 4. The van der Waals surface area contributed by atoms with Crippen molar-refractivity contribution in [2.75, 3.05) is 32.5 Å². The van der Waals surface area contributed by atoms with Crippen molar-refractivity contribution in [1.82, 2.24) is 4.90 Å². The minimum atomic E-state index is -3.29. The van der Waals surface area contributed by atoms with Crippen molar-refractivity contribution in [2.45, 2.75) is 18.2 Å². The van der Waals surface area contributed by atoms with Gasteiger partial charge in [-0.3, -0.25) is 4.90 Å². The summed E-state index contributed by atoms with van der Waals surface area (Å²) in [5.74, 6) is 3.00. The number of sulfone groups is 1. The van der Waals surface area contributed by atoms with Crippen LogP contribution in [0.15, 0.2) is 83.8 Å². The molecule has 37 heavy (non-hydrogen) atoms. The monoisotopic (exact) mass is 517 g/mol. The van der Waals surface area contributed by atoms with Gasteiger partial charge in [0.1, 0.15) is 29.6 Å². The van der Waals surface area contributed by atoms with Gasteiger partial charge in [0.25, 0.3) is 0 Å². The summed E-state index contributed by atoms with van der Waals surface area (Å²) in [6.45, 7) is 6.13. The molecule has 6 nitrogen and oxygen atoms in total. The van der Waals surface area contributed by atoms with E-state index >= 15 is 0 Å². The summed E-state index contributed by atoms with van der Waals surface area (Å²) in [5.41, 5.74) is 1.65. The maximum absolute atomic E-state index is 11.9. The fourth-order valence-corrected chi connectivity index (χ4v) is 5.38. The smallest absolute Gasteiger partial charge is 0.175 e. The van der Waals surface area contributed by atoms with Crippen LogP contribution in [0.1, 0.15) is 13.3 Å². The zero-order valence-electron chi connectivity index (χ0n) is 21.1. The second-order valence-electron chi connectivity index (χ2n) is 9.76. The van der Waals surface area contributed by atoms with Crippen molar-refractivity contribution in [2.24, 2.45) is 5.92 Å². The van der Waals surface area contributed by atoms with Crippen molar-refractivity contribution in [1.29, 1.82) is 0 Å². The van der Waals surface area contributed by atoms with E-state index in [1.165, 1.54) is 12.7 Å². The van der Waals surface area contributed by atoms with Crippen LogP contribution in [-0.4, -0.2) is 50.9 Å². The predicted octanol–water partition coefficient (Wildman–Crippen LogP) is 6.13. The Labute approximate surface area is 218 Å². The average molecular weight is 518 g/mol. The van der Waals surface area contributed by atoms with Gasteiger partial charge in [0.2, 0.25) is 0 Å². The summed E-state index contributed by atoms with van der Waals surface area (Å²) in [7, 11) is -3.29. The number of nitrogens with zero attached hydrogens (tertiary/aromatic N) is 1. The highest BCUT2D eigenvalue weighted by molar-refractivity contribution is 7.90. The van der Waals surface area contributed by atoms with Gasteiger partial charge in [0, 0.05) is 30.3 Å². The summed E-state index contributed by atoms with van der Waals surface area (Å²) in [6, 6.07) is 23.3. The zero-order chi connectivity index (χ0) is 26.0. The lowest BCUT2D eigenvalue weighted by atomic mass is 9.99. The molecule has 1 N–H and O–H groups in total. The van der Waals surface area contributed by atoms with Gasteiger partial charge in [-0.2, -0.15) is 0 Å². The van der Waals surface area contributed by atoms with Crippen LogP contribution in [0.2, 0.25) is 0 Å². The van der Waals surface area contributed by atoms with Crippen LogP contribution in [0.5, 0.6) is 23.0 Å². The van der Waals surface area contributed by atoms with E-state index in [0.717, 1.165) is 53.2 Å². The molecule has 0 spiro atoms. The van der Waals surface area contributed by atoms with Gasteiger partial charge in [0.05, 0.1) is 4.90 Å². The molecule has 0 amide bonds. The summed E-state index contributed by atoms with van der Waals surface area (Å²) in [5, 5.41) is 11.6. The molecule has 0 saturated carbocycles. The molecular formula is C30H31NO5S. The Morgan fingerprint density at radius 1 is 0.946 bits per heavy atom. The first-order valence-electron chi connectivity index (χ1n) is 12.5. The van der Waals surface area contributed by atoms with E-state index in [2.05, 4.69) is 11.8 Å². The summed E-state index contributed by atoms with van der Waals surface area (Å²) >= 11 is 0. The fourth-order valence-electron chi connectivity index (χ4n) is 4.75. The van der Waals surface area contributed by atoms with Crippen LogP contribution < -0.4 is 9.47 Å². The maximum atomic E-state index is 11.9. The lowest BCUT2D eigenvalue weighted by molar-refractivity contribution is 0.234. The first-order valence-corrected chi connectivity index (χ1v) is 14.3. The third-order valence-corrected chi connectivity index (χ3v) is 7.90. The summed E-state index contributed by atoms with van der Waals surface area (Å²) in [4.78, 5) is 2.70. The summed E-state index contributed by atoms with van der Waals surface area (Å²) < 4.78 is 36.2. The number of hydrogen-bond acceptors (Lipinski definition) is 6. The second kappa shape index (κ2) is 10.4. The molecule has 0 aliphatic carbocycles. The molecule has 1 aliphatic heterocycles. The molecule has 4 aromatic carbocycles. The van der Waals surface area contributed by atoms with Crippen molar-refractivity contribution >= 4 is 20.6 Å². The van der Waals surface area contributed by atoms with Crippen molar-refractivity contribution in [3.63, 3.8) is 0 Å². The number of aromatic hydroxyl groups is 1. The van der Waals surface area contributed by atoms with Crippen LogP contribution >= 0.6 is 0 Å². The van der Waals surface area contributed by atoms with Crippen molar-refractivity contribution in [3.8, 4) is 34.1 Å². The largest absolute Gasteiger partial charge is 0.508 e. The normalized spacial score (nSPS) is 16.2. The Bertz CT molecular complexity index is 1500. The van der Waals surface area contributed by atoms with Crippen LogP contribution in [0.3, 0.4) is 0 Å². The minimum Gasteiger partial charge on any atom is -0.508 e. The van der Waals surface area contributed by atoms with E-state index in [1.807, 2.05) is 42.5 Å². The number of hydrogen-bond donors (Lipinski definition) is 1. The molecule has 1 heterocycles. The van der Waals surface area contributed by atoms with Crippen LogP contribution in [0.4, 0.5) is 0 Å². The summed E-state index contributed by atoms with van der Waals surface area (Å²) in [6.07, 6.45) is 2.45. The number of ether oxygens (including phenoxy) is 2. The van der Waals surface area contributed by atoms with Crippen LogP contribution in [0.25, 0.3) is 21.9 Å². The lowest BCUT2D eigenvalue weighted by Crippen LogP contribution is -2.25. The molecular weight excluding hydrogens is 486 g/mol. The lowest BCUT2D eigenvalue weighted by Gasteiger charge is -2.17. The molecule has 0 bridgehead atoms. The van der Waals surface area contributed by atoms with Crippen molar-refractivity contribution < 1.29 is 23.0 Å². The van der Waals surface area contributed by atoms with Crippen LogP contribution in [0, 0.1) is 5.92 Å². The van der Waals surface area contributed by atoms with Gasteiger partial charge < -0.3 is 14.6 Å². The molecule has 1 fully saturated rings. The van der Waals surface area contributed by atoms with Crippen LogP contribution in [-0.2, 0) is 9.84 Å². The topological polar surface area (TPSA) is 76.1 Å². The molecule has 7 heteroatoms. The second-order valence-corrected chi connectivity index (χ2v) is 11.8. The minimum absolute atomic E-state index is 0.175. The standard InChI is InChI=1S/C30H31NO5S/c1-21-15-16-31(20-21)17-18-35-25-7-9-26(10-8-25)36-30-28(13-5-23-19-24(32)6-14-29(23)30)22-3-11-27(12-4-22)37(2,33)34/h3-14,19,21,32H,15-18,20H2,1-2H3/t21-/m1/s1. The fraction of sp³-hybridized carbons (Fsp3) is 0.267. The number of rotatable bonds is 8. The van der Waals surface area contributed by atoms with Gasteiger partial charge in [-0.15, -0.1) is 0 Å². The van der Waals surface area contributed by atoms with Gasteiger partial charge in [-0.25, -0.2) is 8.42 Å². The number of fused-ring (bicyclic) bond motifs is 1. The first kappa shape index (κ1) is 25.1.